The molecule has 0 fully saturated rings. The molecule has 3 rings (SSSR count). The molecule has 2 aromatic carbocycles. The van der Waals surface area contributed by atoms with Gasteiger partial charge in [0, 0.05) is 23.1 Å². The Bertz CT molecular complexity index is 783. The third kappa shape index (κ3) is 1.88. The first-order chi connectivity index (χ1) is 9.61. The minimum absolute atomic E-state index is 0.845. The first-order valence-corrected chi connectivity index (χ1v) is 6.99. The quantitative estimate of drug-likeness (QED) is 0.672. The van der Waals surface area contributed by atoms with Crippen molar-refractivity contribution in [2.24, 2.45) is 0 Å². The summed E-state index contributed by atoms with van der Waals surface area (Å²) in [6.45, 7) is 6.28. The second kappa shape index (κ2) is 4.71. The Labute approximate surface area is 119 Å². The number of para-hydroxylation sites is 1. The highest BCUT2D eigenvalue weighted by molar-refractivity contribution is 5.97. The van der Waals surface area contributed by atoms with Crippen LogP contribution in [0.2, 0.25) is 0 Å². The van der Waals surface area contributed by atoms with E-state index in [4.69, 9.17) is 10.2 Å². The lowest BCUT2D eigenvalue weighted by molar-refractivity contribution is 0.558. The molecule has 2 N–H and O–H groups in total. The zero-order valence-corrected chi connectivity index (χ0v) is 12.2. The molecule has 2 heteroatoms. The summed E-state index contributed by atoms with van der Waals surface area (Å²) in [5.74, 6) is 1.04. The van der Waals surface area contributed by atoms with Gasteiger partial charge in [-0.2, -0.15) is 0 Å². The van der Waals surface area contributed by atoms with Gasteiger partial charge in [-0.3, -0.25) is 0 Å². The maximum Gasteiger partial charge on any atom is 0.134 e. The molecule has 0 aliphatic rings. The molecular weight excluding hydrogens is 246 g/mol. The molecule has 102 valence electrons. The number of hydrogen-bond donors (Lipinski definition) is 1. The molecule has 3 aromatic rings. The summed E-state index contributed by atoms with van der Waals surface area (Å²) in [5, 5.41) is 1.18. The minimum Gasteiger partial charge on any atom is -0.460 e. The van der Waals surface area contributed by atoms with Crippen LogP contribution < -0.4 is 5.73 Å². The molecule has 0 unspecified atom stereocenters. The normalized spacial score (nSPS) is 11.2. The van der Waals surface area contributed by atoms with Crippen molar-refractivity contribution in [1.82, 2.24) is 0 Å². The number of nitrogen functional groups attached to an aromatic ring is 1. The van der Waals surface area contributed by atoms with Crippen molar-refractivity contribution in [2.75, 3.05) is 5.73 Å². The van der Waals surface area contributed by atoms with Gasteiger partial charge in [-0.1, -0.05) is 25.1 Å². The molecule has 20 heavy (non-hydrogen) atoms. The molecule has 0 saturated carbocycles. The van der Waals surface area contributed by atoms with Crippen LogP contribution in [0.5, 0.6) is 0 Å². The van der Waals surface area contributed by atoms with Crippen LogP contribution in [0.3, 0.4) is 0 Å². The van der Waals surface area contributed by atoms with Gasteiger partial charge in [-0.05, 0) is 48.7 Å². The zero-order chi connectivity index (χ0) is 14.3. The number of nitrogens with two attached hydrogens (primary N) is 1. The molecule has 0 bridgehead atoms. The summed E-state index contributed by atoms with van der Waals surface area (Å²) in [5.41, 5.74) is 12.5. The summed E-state index contributed by atoms with van der Waals surface area (Å²) in [7, 11) is 0. The Morgan fingerprint density at radius 2 is 1.80 bits per heavy atom. The van der Waals surface area contributed by atoms with Gasteiger partial charge in [0.25, 0.3) is 0 Å². The fourth-order valence-corrected chi connectivity index (χ4v) is 2.75. The maximum atomic E-state index is 6.00. The Hall–Kier alpha value is -2.22. The van der Waals surface area contributed by atoms with Crippen molar-refractivity contribution in [2.45, 2.75) is 27.2 Å². The van der Waals surface area contributed by atoms with Crippen molar-refractivity contribution < 1.29 is 4.42 Å². The van der Waals surface area contributed by atoms with Crippen molar-refractivity contribution in [3.8, 4) is 11.1 Å². The highest BCUT2D eigenvalue weighted by atomic mass is 16.3. The lowest BCUT2D eigenvalue weighted by Gasteiger charge is -2.10. The highest BCUT2D eigenvalue weighted by Crippen LogP contribution is 2.38. The molecule has 0 spiro atoms. The standard InChI is InChI=1S/C18H19NO/c1-4-16-18(13-7-5-6-8-17(13)20-16)14-9-12(3)15(19)10-11(14)2/h5-10H,4,19H2,1-3H3. The molecule has 2 nitrogen and oxygen atoms in total. The molecule has 0 aliphatic carbocycles. The van der Waals surface area contributed by atoms with E-state index < -0.39 is 0 Å². The monoisotopic (exact) mass is 265 g/mol. The van der Waals surface area contributed by atoms with Crippen LogP contribution in [0.1, 0.15) is 23.8 Å². The first-order valence-electron chi connectivity index (χ1n) is 6.99. The topological polar surface area (TPSA) is 39.2 Å². The van der Waals surface area contributed by atoms with E-state index >= 15 is 0 Å². The predicted molar refractivity (Wildman–Crippen MR) is 84.9 cm³/mol. The van der Waals surface area contributed by atoms with Gasteiger partial charge < -0.3 is 10.2 Å². The molecule has 0 radical (unpaired) electrons. The fraction of sp³-hybridized carbons (Fsp3) is 0.222. The van der Waals surface area contributed by atoms with Gasteiger partial charge >= 0.3 is 0 Å². The van der Waals surface area contributed by atoms with E-state index in [1.165, 1.54) is 22.1 Å². The number of anilines is 1. The van der Waals surface area contributed by atoms with Gasteiger partial charge in [-0.25, -0.2) is 0 Å². The van der Waals surface area contributed by atoms with Gasteiger partial charge in [0.2, 0.25) is 0 Å². The Morgan fingerprint density at radius 1 is 1.05 bits per heavy atom. The average Bonchev–Trinajstić information content (AvgIpc) is 2.81. The second-order valence-electron chi connectivity index (χ2n) is 5.27. The maximum absolute atomic E-state index is 6.00. The van der Waals surface area contributed by atoms with Gasteiger partial charge in [0.15, 0.2) is 0 Å². The molecule has 0 amide bonds. The summed E-state index contributed by atoms with van der Waals surface area (Å²) >= 11 is 0. The summed E-state index contributed by atoms with van der Waals surface area (Å²) in [6, 6.07) is 12.4. The lowest BCUT2D eigenvalue weighted by Crippen LogP contribution is -1.94. The lowest BCUT2D eigenvalue weighted by atomic mass is 9.94. The van der Waals surface area contributed by atoms with Gasteiger partial charge in [-0.15, -0.1) is 0 Å². The van der Waals surface area contributed by atoms with Crippen molar-refractivity contribution in [3.63, 3.8) is 0 Å². The number of furan rings is 1. The fourth-order valence-electron chi connectivity index (χ4n) is 2.75. The van der Waals surface area contributed by atoms with E-state index in [9.17, 15) is 0 Å². The van der Waals surface area contributed by atoms with Crippen LogP contribution in [0.25, 0.3) is 22.1 Å². The number of fused-ring (bicyclic) bond motifs is 1. The molecule has 1 heterocycles. The number of rotatable bonds is 2. The SMILES string of the molecule is CCc1oc2ccccc2c1-c1cc(C)c(N)cc1C. The van der Waals surface area contributed by atoms with E-state index in [1.54, 1.807) is 0 Å². The van der Waals surface area contributed by atoms with Crippen LogP contribution in [0, 0.1) is 13.8 Å². The van der Waals surface area contributed by atoms with Crippen LogP contribution >= 0.6 is 0 Å². The van der Waals surface area contributed by atoms with E-state index in [2.05, 4.69) is 32.0 Å². The van der Waals surface area contributed by atoms with Crippen molar-refractivity contribution in [1.29, 1.82) is 0 Å². The zero-order valence-electron chi connectivity index (χ0n) is 12.2. The number of aryl methyl sites for hydroxylation is 3. The van der Waals surface area contributed by atoms with Gasteiger partial charge in [0.1, 0.15) is 11.3 Å². The first kappa shape index (κ1) is 12.8. The summed E-state index contributed by atoms with van der Waals surface area (Å²) in [6.07, 6.45) is 0.882. The van der Waals surface area contributed by atoms with E-state index in [0.29, 0.717) is 0 Å². The summed E-state index contributed by atoms with van der Waals surface area (Å²) in [4.78, 5) is 0. The Balaban J connectivity index is 2.36. The molecular formula is C18H19NO. The third-order valence-corrected chi connectivity index (χ3v) is 3.87. The van der Waals surface area contributed by atoms with Crippen LogP contribution in [-0.2, 0) is 6.42 Å². The van der Waals surface area contributed by atoms with Crippen LogP contribution in [0.4, 0.5) is 5.69 Å². The van der Waals surface area contributed by atoms with Crippen molar-refractivity contribution in [3.05, 3.63) is 53.3 Å². The van der Waals surface area contributed by atoms with E-state index in [-0.39, 0.29) is 0 Å². The molecule has 0 aliphatic heterocycles. The van der Waals surface area contributed by atoms with Gasteiger partial charge in [0.05, 0.1) is 0 Å². The van der Waals surface area contributed by atoms with Crippen molar-refractivity contribution >= 4 is 16.7 Å². The Morgan fingerprint density at radius 3 is 2.55 bits per heavy atom. The average molecular weight is 265 g/mol. The Kier molecular flexibility index (Phi) is 3.01. The van der Waals surface area contributed by atoms with Crippen LogP contribution in [-0.4, -0.2) is 0 Å². The largest absolute Gasteiger partial charge is 0.460 e. The molecule has 1 aromatic heterocycles. The van der Waals surface area contributed by atoms with E-state index in [0.717, 1.165) is 29.0 Å². The minimum atomic E-state index is 0.845. The predicted octanol–water partition coefficient (Wildman–Crippen LogP) is 4.86. The number of benzene rings is 2. The summed E-state index contributed by atoms with van der Waals surface area (Å²) < 4.78 is 6.00. The third-order valence-electron chi connectivity index (χ3n) is 3.87. The second-order valence-corrected chi connectivity index (χ2v) is 5.27. The molecule has 0 saturated heterocycles. The highest BCUT2D eigenvalue weighted by Gasteiger charge is 2.16. The smallest absolute Gasteiger partial charge is 0.134 e. The molecule has 0 atom stereocenters. The van der Waals surface area contributed by atoms with Crippen LogP contribution in [0.15, 0.2) is 40.8 Å². The van der Waals surface area contributed by atoms with E-state index in [1.807, 2.05) is 25.1 Å². The number of hydrogen-bond acceptors (Lipinski definition) is 2.